The van der Waals surface area contributed by atoms with Crippen molar-refractivity contribution in [3.05, 3.63) is 33.3 Å². The van der Waals surface area contributed by atoms with Crippen LogP contribution in [0.5, 0.6) is 0 Å². The predicted octanol–water partition coefficient (Wildman–Crippen LogP) is 4.05. The lowest BCUT2D eigenvalue weighted by molar-refractivity contribution is 0.162. The molecule has 1 aliphatic carbocycles. The molecule has 0 saturated heterocycles. The second-order valence-corrected chi connectivity index (χ2v) is 6.58. The van der Waals surface area contributed by atoms with Gasteiger partial charge in [-0.1, -0.05) is 40.9 Å². The molecule has 2 rings (SSSR count). The van der Waals surface area contributed by atoms with Gasteiger partial charge in [0.15, 0.2) is 0 Å². The molecule has 0 aliphatic heterocycles. The number of hydrogen-bond donors (Lipinski definition) is 1. The van der Waals surface area contributed by atoms with Gasteiger partial charge in [0.2, 0.25) is 0 Å². The van der Waals surface area contributed by atoms with Gasteiger partial charge in [-0.25, -0.2) is 0 Å². The maximum Gasteiger partial charge on any atom is 0.0410 e. The van der Waals surface area contributed by atoms with Crippen molar-refractivity contribution in [2.24, 2.45) is 11.7 Å². The topological polar surface area (TPSA) is 29.3 Å². The smallest absolute Gasteiger partial charge is 0.0410 e. The van der Waals surface area contributed by atoms with Crippen LogP contribution in [0, 0.1) is 5.92 Å². The molecule has 2 atom stereocenters. The van der Waals surface area contributed by atoms with Gasteiger partial charge in [0.05, 0.1) is 0 Å². The third-order valence-electron chi connectivity index (χ3n) is 4.18. The number of benzene rings is 1. The van der Waals surface area contributed by atoms with Crippen molar-refractivity contribution in [3.63, 3.8) is 0 Å². The van der Waals surface area contributed by atoms with E-state index < -0.39 is 0 Å². The summed E-state index contributed by atoms with van der Waals surface area (Å²) in [6.45, 7) is 5.03. The fourth-order valence-electron chi connectivity index (χ4n) is 3.12. The highest BCUT2D eigenvalue weighted by Crippen LogP contribution is 2.31. The Kier molecular flexibility index (Phi) is 5.70. The normalized spacial score (nSPS) is 23.2. The minimum absolute atomic E-state index is 0.626. The van der Waals surface area contributed by atoms with E-state index >= 15 is 0 Å². The van der Waals surface area contributed by atoms with Crippen molar-refractivity contribution in [3.8, 4) is 0 Å². The molecular formula is C15H22BrClN2. The van der Waals surface area contributed by atoms with Crippen LogP contribution in [0.2, 0.25) is 5.02 Å². The number of rotatable bonds is 5. The molecule has 1 aromatic rings. The summed E-state index contributed by atoms with van der Waals surface area (Å²) in [5, 5.41) is 0.802. The molecular weight excluding hydrogens is 324 g/mol. The van der Waals surface area contributed by atoms with Crippen LogP contribution in [0.4, 0.5) is 0 Å². The van der Waals surface area contributed by atoms with Gasteiger partial charge in [0.1, 0.15) is 0 Å². The Labute approximate surface area is 129 Å². The molecule has 1 fully saturated rings. The lowest BCUT2D eigenvalue weighted by atomic mass is 10.0. The summed E-state index contributed by atoms with van der Waals surface area (Å²) in [6, 6.07) is 6.63. The van der Waals surface area contributed by atoms with E-state index in [0.717, 1.165) is 29.1 Å². The molecule has 1 aromatic carbocycles. The Morgan fingerprint density at radius 1 is 1.42 bits per heavy atom. The number of halogens is 2. The monoisotopic (exact) mass is 344 g/mol. The molecule has 1 saturated carbocycles. The summed E-state index contributed by atoms with van der Waals surface area (Å²) in [5.41, 5.74) is 7.17. The standard InChI is InChI=1S/C15H22BrClN2/c1-2-19(15-5-3-4-11(15)9-18)10-12-8-13(17)6-7-14(12)16/h6-8,11,15H,2-5,9-10,18H2,1H3. The van der Waals surface area contributed by atoms with Gasteiger partial charge in [-0.3, -0.25) is 4.90 Å². The third kappa shape index (κ3) is 3.72. The maximum atomic E-state index is 6.10. The summed E-state index contributed by atoms with van der Waals surface area (Å²) < 4.78 is 1.14. The fraction of sp³-hybridized carbons (Fsp3) is 0.600. The van der Waals surface area contributed by atoms with Gasteiger partial charge in [-0.2, -0.15) is 0 Å². The molecule has 4 heteroatoms. The van der Waals surface area contributed by atoms with Gasteiger partial charge in [0.25, 0.3) is 0 Å². The summed E-state index contributed by atoms with van der Waals surface area (Å²) in [4.78, 5) is 2.54. The first-order valence-corrected chi connectivity index (χ1v) is 8.20. The number of hydrogen-bond acceptors (Lipinski definition) is 2. The zero-order valence-corrected chi connectivity index (χ0v) is 13.8. The van der Waals surface area contributed by atoms with Crippen LogP contribution in [0.3, 0.4) is 0 Å². The van der Waals surface area contributed by atoms with E-state index in [1.54, 1.807) is 0 Å². The molecule has 0 amide bonds. The van der Waals surface area contributed by atoms with Crippen LogP contribution in [0.1, 0.15) is 31.7 Å². The Hall–Kier alpha value is -0.0900. The highest BCUT2D eigenvalue weighted by molar-refractivity contribution is 9.10. The largest absolute Gasteiger partial charge is 0.330 e. The van der Waals surface area contributed by atoms with Crippen molar-refractivity contribution >= 4 is 27.5 Å². The van der Waals surface area contributed by atoms with E-state index in [0.29, 0.717) is 12.0 Å². The minimum Gasteiger partial charge on any atom is -0.330 e. The molecule has 0 heterocycles. The molecule has 2 N–H and O–H groups in total. The summed E-state index contributed by atoms with van der Waals surface area (Å²) in [6.07, 6.45) is 3.85. The molecule has 0 aromatic heterocycles. The summed E-state index contributed by atoms with van der Waals surface area (Å²) in [5.74, 6) is 0.651. The van der Waals surface area contributed by atoms with E-state index in [1.165, 1.54) is 24.8 Å². The van der Waals surface area contributed by atoms with Crippen molar-refractivity contribution < 1.29 is 0 Å². The highest BCUT2D eigenvalue weighted by Gasteiger charge is 2.30. The Balaban J connectivity index is 2.12. The van der Waals surface area contributed by atoms with Gasteiger partial charge in [0, 0.05) is 22.1 Å². The van der Waals surface area contributed by atoms with Crippen molar-refractivity contribution in [2.75, 3.05) is 13.1 Å². The fourth-order valence-corrected chi connectivity index (χ4v) is 3.69. The van der Waals surface area contributed by atoms with Crippen LogP contribution >= 0.6 is 27.5 Å². The highest BCUT2D eigenvalue weighted by atomic mass is 79.9. The number of nitrogens with two attached hydrogens (primary N) is 1. The lowest BCUT2D eigenvalue weighted by Crippen LogP contribution is -2.39. The van der Waals surface area contributed by atoms with Crippen LogP contribution in [-0.4, -0.2) is 24.0 Å². The van der Waals surface area contributed by atoms with Crippen LogP contribution in [-0.2, 0) is 6.54 Å². The first-order valence-electron chi connectivity index (χ1n) is 7.03. The molecule has 2 nitrogen and oxygen atoms in total. The molecule has 106 valence electrons. The van der Waals surface area contributed by atoms with E-state index in [4.69, 9.17) is 17.3 Å². The van der Waals surface area contributed by atoms with Gasteiger partial charge < -0.3 is 5.73 Å². The molecule has 1 aliphatic rings. The van der Waals surface area contributed by atoms with Crippen LogP contribution < -0.4 is 5.73 Å². The van der Waals surface area contributed by atoms with E-state index in [9.17, 15) is 0 Å². The zero-order chi connectivity index (χ0) is 13.8. The molecule has 0 bridgehead atoms. The predicted molar refractivity (Wildman–Crippen MR) is 85.4 cm³/mol. The van der Waals surface area contributed by atoms with Gasteiger partial charge in [-0.15, -0.1) is 0 Å². The van der Waals surface area contributed by atoms with E-state index in [-0.39, 0.29) is 0 Å². The lowest BCUT2D eigenvalue weighted by Gasteiger charge is -2.32. The first-order chi connectivity index (χ1) is 9.15. The maximum absolute atomic E-state index is 6.10. The van der Waals surface area contributed by atoms with Gasteiger partial charge >= 0.3 is 0 Å². The second-order valence-electron chi connectivity index (χ2n) is 5.29. The zero-order valence-electron chi connectivity index (χ0n) is 11.4. The Bertz CT molecular complexity index is 425. The molecule has 19 heavy (non-hydrogen) atoms. The van der Waals surface area contributed by atoms with Crippen molar-refractivity contribution in [1.29, 1.82) is 0 Å². The quantitative estimate of drug-likeness (QED) is 0.872. The Morgan fingerprint density at radius 2 is 2.21 bits per heavy atom. The Morgan fingerprint density at radius 3 is 2.89 bits per heavy atom. The first kappa shape index (κ1) is 15.3. The molecule has 0 radical (unpaired) electrons. The van der Waals surface area contributed by atoms with Crippen LogP contribution in [0.25, 0.3) is 0 Å². The third-order valence-corrected chi connectivity index (χ3v) is 5.19. The van der Waals surface area contributed by atoms with E-state index in [1.807, 2.05) is 12.1 Å². The van der Waals surface area contributed by atoms with E-state index in [2.05, 4.69) is 33.8 Å². The second kappa shape index (κ2) is 7.07. The summed E-state index contributed by atoms with van der Waals surface area (Å²) in [7, 11) is 0. The average Bonchev–Trinajstić information content (AvgIpc) is 2.88. The van der Waals surface area contributed by atoms with Gasteiger partial charge in [-0.05, 0) is 55.6 Å². The van der Waals surface area contributed by atoms with Crippen molar-refractivity contribution in [2.45, 2.75) is 38.8 Å². The average molecular weight is 346 g/mol. The number of nitrogens with zero attached hydrogens (tertiary/aromatic N) is 1. The van der Waals surface area contributed by atoms with Crippen LogP contribution in [0.15, 0.2) is 22.7 Å². The minimum atomic E-state index is 0.626. The molecule has 0 spiro atoms. The van der Waals surface area contributed by atoms with Crippen molar-refractivity contribution in [1.82, 2.24) is 4.90 Å². The summed E-state index contributed by atoms with van der Waals surface area (Å²) >= 11 is 9.72. The molecule has 2 unspecified atom stereocenters. The SMILES string of the molecule is CCN(Cc1cc(Cl)ccc1Br)C1CCCC1CN.